The average molecular weight is 584 g/mol. The smallest absolute Gasteiger partial charge is 0.331 e. The molecule has 4 atom stereocenters. The van der Waals surface area contributed by atoms with Gasteiger partial charge in [0.15, 0.2) is 28.6 Å². The Kier molecular flexibility index (Phi) is 9.38. The zero-order valence-corrected chi connectivity index (χ0v) is 22.6. The van der Waals surface area contributed by atoms with Gasteiger partial charge in [-0.3, -0.25) is 4.79 Å². The minimum Gasteiger partial charge on any atom is -0.504 e. The molecule has 1 saturated carbocycles. The van der Waals surface area contributed by atoms with Gasteiger partial charge in [0.05, 0.1) is 6.10 Å². The number of carbonyl (C=O) groups is 3. The normalized spacial score (nSPS) is 24.2. The zero-order valence-electron chi connectivity index (χ0n) is 22.6. The van der Waals surface area contributed by atoms with Crippen LogP contribution in [0, 0.1) is 5.92 Å². The maximum absolute atomic E-state index is 13.8. The first-order valence-electron chi connectivity index (χ1n) is 13.4. The standard InChI is InChI=1S/C30H33NO11/c32-17-20-15-30(29(40)31-11-1-2-12-31,42-27(38)10-6-19-4-8-22(34)24(36)14-19)16-25(28(20)39)41-26(37)9-5-18-3-7-21(33)23(35)13-18/h3-10,13-14,20,25,28,32-36,39H,1-2,11-12,15-17H2/b9-5+,10-6+/t20-,25+,28+,30-/m0/s1. The van der Waals surface area contributed by atoms with Crippen LogP contribution in [0.1, 0.15) is 36.8 Å². The number of aliphatic hydroxyl groups is 2. The van der Waals surface area contributed by atoms with Crippen LogP contribution in [0.3, 0.4) is 0 Å². The van der Waals surface area contributed by atoms with Crippen LogP contribution in [0.25, 0.3) is 12.2 Å². The summed E-state index contributed by atoms with van der Waals surface area (Å²) in [6.45, 7) is 0.284. The van der Waals surface area contributed by atoms with Crippen molar-refractivity contribution < 1.29 is 54.5 Å². The van der Waals surface area contributed by atoms with Crippen LogP contribution in [-0.4, -0.2) is 90.9 Å². The third-order valence-electron chi connectivity index (χ3n) is 7.39. The Balaban J connectivity index is 1.57. The van der Waals surface area contributed by atoms with Gasteiger partial charge in [0.25, 0.3) is 5.91 Å². The van der Waals surface area contributed by atoms with Crippen molar-refractivity contribution in [1.29, 1.82) is 0 Å². The molecule has 2 fully saturated rings. The second-order valence-electron chi connectivity index (χ2n) is 10.4. The van der Waals surface area contributed by atoms with E-state index >= 15 is 0 Å². The molecule has 4 rings (SSSR count). The summed E-state index contributed by atoms with van der Waals surface area (Å²) in [5.41, 5.74) is -1.11. The number of nitrogens with zero attached hydrogens (tertiary/aromatic N) is 1. The number of aromatic hydroxyl groups is 4. The van der Waals surface area contributed by atoms with Gasteiger partial charge < -0.3 is 45.0 Å². The van der Waals surface area contributed by atoms with Gasteiger partial charge in [0.1, 0.15) is 6.10 Å². The summed E-state index contributed by atoms with van der Waals surface area (Å²) in [4.78, 5) is 41.0. The van der Waals surface area contributed by atoms with Gasteiger partial charge in [-0.15, -0.1) is 0 Å². The fraction of sp³-hybridized carbons (Fsp3) is 0.367. The van der Waals surface area contributed by atoms with E-state index in [0.717, 1.165) is 25.0 Å². The van der Waals surface area contributed by atoms with E-state index in [-0.39, 0.29) is 35.8 Å². The lowest BCUT2D eigenvalue weighted by Gasteiger charge is -2.45. The van der Waals surface area contributed by atoms with Crippen molar-refractivity contribution in [2.45, 2.75) is 43.5 Å². The predicted molar refractivity (Wildman–Crippen MR) is 148 cm³/mol. The average Bonchev–Trinajstić information content (AvgIpc) is 3.50. The molecule has 0 bridgehead atoms. The summed E-state index contributed by atoms with van der Waals surface area (Å²) in [6, 6.07) is 7.83. The SMILES string of the molecule is O=C(/C=C/c1ccc(O)c(O)c1)O[C@@H]1C[C@](OC(=O)/C=C/c2ccc(O)c(O)c2)(C(=O)N2CCCC2)C[C@@H](CO)[C@H]1O. The number of carbonyl (C=O) groups excluding carboxylic acids is 3. The highest BCUT2D eigenvalue weighted by Crippen LogP contribution is 2.40. The van der Waals surface area contributed by atoms with Crippen LogP contribution >= 0.6 is 0 Å². The Morgan fingerprint density at radius 2 is 1.38 bits per heavy atom. The molecule has 0 aromatic heterocycles. The van der Waals surface area contributed by atoms with Crippen molar-refractivity contribution in [2.24, 2.45) is 5.92 Å². The summed E-state index contributed by atoms with van der Waals surface area (Å²) in [5.74, 6) is -4.75. The second kappa shape index (κ2) is 13.0. The summed E-state index contributed by atoms with van der Waals surface area (Å²) in [5, 5.41) is 59.3. The van der Waals surface area contributed by atoms with Crippen molar-refractivity contribution in [3.05, 3.63) is 59.7 Å². The van der Waals surface area contributed by atoms with E-state index in [0.29, 0.717) is 24.2 Å². The van der Waals surface area contributed by atoms with Crippen LogP contribution in [0.5, 0.6) is 23.0 Å². The van der Waals surface area contributed by atoms with Crippen molar-refractivity contribution in [3.63, 3.8) is 0 Å². The van der Waals surface area contributed by atoms with E-state index in [1.807, 2.05) is 0 Å². The molecule has 12 heteroatoms. The number of hydrogen-bond donors (Lipinski definition) is 6. The van der Waals surface area contributed by atoms with Gasteiger partial charge >= 0.3 is 11.9 Å². The molecule has 42 heavy (non-hydrogen) atoms. The van der Waals surface area contributed by atoms with Gasteiger partial charge in [-0.2, -0.15) is 0 Å². The predicted octanol–water partition coefficient (Wildman–Crippen LogP) is 1.81. The van der Waals surface area contributed by atoms with Crippen LogP contribution in [-0.2, 0) is 23.9 Å². The highest BCUT2D eigenvalue weighted by atomic mass is 16.6. The molecule has 1 saturated heterocycles. The monoisotopic (exact) mass is 583 g/mol. The maximum Gasteiger partial charge on any atom is 0.331 e. The highest BCUT2D eigenvalue weighted by Gasteiger charge is 2.55. The molecule has 2 aliphatic rings. The van der Waals surface area contributed by atoms with E-state index in [9.17, 15) is 45.0 Å². The number of hydrogen-bond acceptors (Lipinski definition) is 11. The third-order valence-corrected chi connectivity index (χ3v) is 7.39. The molecular formula is C30H33NO11. The summed E-state index contributed by atoms with van der Waals surface area (Å²) < 4.78 is 11.2. The Morgan fingerprint density at radius 3 is 1.90 bits per heavy atom. The van der Waals surface area contributed by atoms with Crippen molar-refractivity contribution in [3.8, 4) is 23.0 Å². The van der Waals surface area contributed by atoms with Crippen LogP contribution < -0.4 is 0 Å². The van der Waals surface area contributed by atoms with Crippen molar-refractivity contribution >= 4 is 30.0 Å². The minimum atomic E-state index is -1.85. The number of phenolic OH excluding ortho intramolecular Hbond substituents is 4. The van der Waals surface area contributed by atoms with Crippen molar-refractivity contribution in [2.75, 3.05) is 19.7 Å². The lowest BCUT2D eigenvalue weighted by atomic mass is 9.73. The number of aliphatic hydroxyl groups excluding tert-OH is 2. The Bertz CT molecular complexity index is 1380. The topological polar surface area (TPSA) is 194 Å². The van der Waals surface area contributed by atoms with Crippen LogP contribution in [0.15, 0.2) is 48.6 Å². The maximum atomic E-state index is 13.8. The second-order valence-corrected chi connectivity index (χ2v) is 10.4. The molecule has 6 N–H and O–H groups in total. The molecule has 0 radical (unpaired) electrons. The Labute approximate surface area is 241 Å². The molecule has 224 valence electrons. The molecule has 12 nitrogen and oxygen atoms in total. The fourth-order valence-corrected chi connectivity index (χ4v) is 5.20. The summed E-state index contributed by atoms with van der Waals surface area (Å²) >= 11 is 0. The minimum absolute atomic E-state index is 0.212. The Morgan fingerprint density at radius 1 is 0.833 bits per heavy atom. The Hall–Kier alpha value is -4.55. The molecule has 1 aliphatic carbocycles. The quantitative estimate of drug-likeness (QED) is 0.151. The molecule has 1 heterocycles. The number of amides is 1. The van der Waals surface area contributed by atoms with Gasteiger partial charge in [-0.25, -0.2) is 9.59 Å². The van der Waals surface area contributed by atoms with Gasteiger partial charge in [-0.05, 0) is 60.4 Å². The molecule has 0 spiro atoms. The lowest BCUT2D eigenvalue weighted by molar-refractivity contribution is -0.198. The van der Waals surface area contributed by atoms with Crippen LogP contribution in [0.4, 0.5) is 0 Å². The number of benzene rings is 2. The number of ether oxygens (including phenoxy) is 2. The molecule has 2 aromatic carbocycles. The zero-order chi connectivity index (χ0) is 30.4. The van der Waals surface area contributed by atoms with Gasteiger partial charge in [-0.1, -0.05) is 12.1 Å². The van der Waals surface area contributed by atoms with E-state index in [1.165, 1.54) is 53.5 Å². The fourth-order valence-electron chi connectivity index (χ4n) is 5.20. The molecule has 1 aliphatic heterocycles. The first kappa shape index (κ1) is 30.4. The number of likely N-dealkylation sites (tertiary alicyclic amines) is 1. The third kappa shape index (κ3) is 7.01. The van der Waals surface area contributed by atoms with E-state index in [1.54, 1.807) is 0 Å². The summed E-state index contributed by atoms with van der Waals surface area (Å²) in [6.07, 6.45) is 2.96. The molecule has 2 aromatic rings. The molecular weight excluding hydrogens is 550 g/mol. The van der Waals surface area contributed by atoms with Crippen molar-refractivity contribution in [1.82, 2.24) is 4.90 Å². The summed E-state index contributed by atoms with van der Waals surface area (Å²) in [7, 11) is 0. The van der Waals surface area contributed by atoms with Crippen LogP contribution in [0.2, 0.25) is 0 Å². The number of esters is 2. The first-order valence-corrected chi connectivity index (χ1v) is 13.4. The highest BCUT2D eigenvalue weighted by molar-refractivity contribution is 5.93. The lowest BCUT2D eigenvalue weighted by Crippen LogP contribution is -2.60. The number of phenols is 4. The largest absolute Gasteiger partial charge is 0.504 e. The van der Waals surface area contributed by atoms with E-state index in [2.05, 4.69) is 0 Å². The van der Waals surface area contributed by atoms with Gasteiger partial charge in [0, 0.05) is 50.6 Å². The molecule has 1 amide bonds. The van der Waals surface area contributed by atoms with E-state index < -0.39 is 48.2 Å². The van der Waals surface area contributed by atoms with E-state index in [4.69, 9.17) is 9.47 Å². The number of rotatable bonds is 8. The van der Waals surface area contributed by atoms with Gasteiger partial charge in [0.2, 0.25) is 0 Å². The first-order chi connectivity index (χ1) is 20.0. The molecule has 0 unspecified atom stereocenters.